The second kappa shape index (κ2) is 7.14. The molecule has 9 heteroatoms. The molecule has 0 bridgehead atoms. The molecule has 1 aliphatic rings. The van der Waals surface area contributed by atoms with Gasteiger partial charge in [0.15, 0.2) is 15.0 Å². The van der Waals surface area contributed by atoms with E-state index in [-0.39, 0.29) is 16.4 Å². The Bertz CT molecular complexity index is 1150. The molecule has 1 fully saturated rings. The van der Waals surface area contributed by atoms with E-state index in [1.165, 1.54) is 29.7 Å². The van der Waals surface area contributed by atoms with E-state index >= 15 is 0 Å². The quantitative estimate of drug-likeness (QED) is 0.653. The van der Waals surface area contributed by atoms with E-state index in [1.54, 1.807) is 29.2 Å². The lowest BCUT2D eigenvalue weighted by Crippen LogP contribution is -2.49. The number of halogens is 1. The zero-order chi connectivity index (χ0) is 19.9. The average Bonchev–Trinajstić information content (AvgIpc) is 3.11. The number of hydrogen-bond acceptors (Lipinski definition) is 6. The molecule has 0 spiro atoms. The first-order valence-electron chi connectivity index (χ1n) is 8.73. The topological polar surface area (TPSA) is 70.6 Å². The summed E-state index contributed by atoms with van der Waals surface area (Å²) in [6.07, 6.45) is 1.17. The van der Waals surface area contributed by atoms with Gasteiger partial charge in [0.1, 0.15) is 11.3 Å². The number of carbonyl (C=O) groups excluding carboxylic acids is 1. The second-order valence-electron chi connectivity index (χ2n) is 6.63. The SMILES string of the molecule is CS(=O)(=O)c1cccc2sc(N3CCN(C(=O)c4ccccc4F)CC3)nc12. The third kappa shape index (κ3) is 3.47. The highest BCUT2D eigenvalue weighted by molar-refractivity contribution is 7.91. The van der Waals surface area contributed by atoms with Crippen LogP contribution in [0.2, 0.25) is 0 Å². The molecule has 146 valence electrons. The first-order valence-corrected chi connectivity index (χ1v) is 11.4. The normalized spacial score (nSPS) is 15.2. The van der Waals surface area contributed by atoms with Crippen molar-refractivity contribution in [1.29, 1.82) is 0 Å². The molecule has 0 atom stereocenters. The standard InChI is InChI=1S/C19H18FN3O3S2/c1-28(25,26)16-8-4-7-15-17(16)21-19(27-15)23-11-9-22(10-12-23)18(24)13-5-2-3-6-14(13)20/h2-8H,9-12H2,1H3. The van der Waals surface area contributed by atoms with Crippen LogP contribution >= 0.6 is 11.3 Å². The zero-order valence-electron chi connectivity index (χ0n) is 15.1. The number of para-hydroxylation sites is 1. The molecule has 0 unspecified atom stereocenters. The van der Waals surface area contributed by atoms with Crippen molar-refractivity contribution in [2.24, 2.45) is 0 Å². The first kappa shape index (κ1) is 18.8. The van der Waals surface area contributed by atoms with E-state index in [0.29, 0.717) is 31.7 Å². The van der Waals surface area contributed by atoms with E-state index in [2.05, 4.69) is 4.98 Å². The fourth-order valence-corrected chi connectivity index (χ4v) is 5.19. The Kier molecular flexibility index (Phi) is 4.80. The van der Waals surface area contributed by atoms with Crippen LogP contribution in [-0.4, -0.2) is 56.6 Å². The molecule has 4 rings (SSSR count). The monoisotopic (exact) mass is 419 g/mol. The summed E-state index contributed by atoms with van der Waals surface area (Å²) in [5.74, 6) is -0.837. The van der Waals surface area contributed by atoms with Gasteiger partial charge in [-0.1, -0.05) is 29.5 Å². The van der Waals surface area contributed by atoms with Crippen molar-refractivity contribution in [2.45, 2.75) is 4.90 Å². The van der Waals surface area contributed by atoms with Gasteiger partial charge in [-0.05, 0) is 24.3 Å². The average molecular weight is 420 g/mol. The number of rotatable bonds is 3. The number of piperazine rings is 1. The number of amides is 1. The summed E-state index contributed by atoms with van der Waals surface area (Å²) >= 11 is 1.43. The molecule has 0 saturated carbocycles. The van der Waals surface area contributed by atoms with Gasteiger partial charge >= 0.3 is 0 Å². The van der Waals surface area contributed by atoms with Gasteiger partial charge < -0.3 is 9.80 Å². The van der Waals surface area contributed by atoms with Crippen LogP contribution in [0.4, 0.5) is 9.52 Å². The Morgan fingerprint density at radius 2 is 1.79 bits per heavy atom. The number of nitrogens with zero attached hydrogens (tertiary/aromatic N) is 3. The minimum atomic E-state index is -3.36. The van der Waals surface area contributed by atoms with Crippen molar-refractivity contribution in [3.05, 3.63) is 53.8 Å². The third-order valence-corrected chi connectivity index (χ3v) is 6.92. The Labute approximate surface area is 166 Å². The molecule has 3 aromatic rings. The fraction of sp³-hybridized carbons (Fsp3) is 0.263. The zero-order valence-corrected chi connectivity index (χ0v) is 16.8. The van der Waals surface area contributed by atoms with Crippen molar-refractivity contribution in [2.75, 3.05) is 37.3 Å². The van der Waals surface area contributed by atoms with Gasteiger partial charge in [0.2, 0.25) is 0 Å². The van der Waals surface area contributed by atoms with Gasteiger partial charge in [-0.25, -0.2) is 17.8 Å². The fourth-order valence-electron chi connectivity index (χ4n) is 3.25. The largest absolute Gasteiger partial charge is 0.345 e. The van der Waals surface area contributed by atoms with Crippen LogP contribution in [0.15, 0.2) is 47.4 Å². The van der Waals surface area contributed by atoms with Crippen LogP contribution in [0, 0.1) is 5.82 Å². The van der Waals surface area contributed by atoms with E-state index in [1.807, 2.05) is 11.0 Å². The molecule has 2 heterocycles. The van der Waals surface area contributed by atoms with Crippen molar-refractivity contribution in [3.63, 3.8) is 0 Å². The summed E-state index contributed by atoms with van der Waals surface area (Å²) < 4.78 is 38.7. The Hall–Kier alpha value is -2.52. The molecule has 28 heavy (non-hydrogen) atoms. The van der Waals surface area contributed by atoms with E-state index in [4.69, 9.17) is 0 Å². The minimum absolute atomic E-state index is 0.0775. The number of fused-ring (bicyclic) bond motifs is 1. The molecule has 6 nitrogen and oxygen atoms in total. The first-order chi connectivity index (χ1) is 13.3. The maximum atomic E-state index is 13.9. The Balaban J connectivity index is 1.53. The molecular weight excluding hydrogens is 401 g/mol. The molecule has 1 saturated heterocycles. The number of thiazole rings is 1. The van der Waals surface area contributed by atoms with Gasteiger partial charge in [-0.2, -0.15) is 0 Å². The van der Waals surface area contributed by atoms with Crippen molar-refractivity contribution >= 4 is 42.4 Å². The summed E-state index contributed by atoms with van der Waals surface area (Å²) in [6.45, 7) is 1.99. The lowest BCUT2D eigenvalue weighted by molar-refractivity contribution is 0.0742. The number of anilines is 1. The second-order valence-corrected chi connectivity index (χ2v) is 9.62. The highest BCUT2D eigenvalue weighted by atomic mass is 32.2. The molecule has 1 aliphatic heterocycles. The lowest BCUT2D eigenvalue weighted by Gasteiger charge is -2.34. The van der Waals surface area contributed by atoms with Crippen molar-refractivity contribution in [1.82, 2.24) is 9.88 Å². The van der Waals surface area contributed by atoms with Crippen molar-refractivity contribution < 1.29 is 17.6 Å². The molecular formula is C19H18FN3O3S2. The maximum absolute atomic E-state index is 13.9. The Morgan fingerprint density at radius 1 is 1.07 bits per heavy atom. The minimum Gasteiger partial charge on any atom is -0.345 e. The lowest BCUT2D eigenvalue weighted by atomic mass is 10.1. The van der Waals surface area contributed by atoms with E-state index in [9.17, 15) is 17.6 Å². The van der Waals surface area contributed by atoms with E-state index < -0.39 is 15.7 Å². The van der Waals surface area contributed by atoms with Gasteiger partial charge in [0, 0.05) is 32.4 Å². The molecule has 0 radical (unpaired) electrons. The number of carbonyl (C=O) groups is 1. The summed E-state index contributed by atoms with van der Waals surface area (Å²) in [6, 6.07) is 11.1. The predicted molar refractivity (Wildman–Crippen MR) is 107 cm³/mol. The third-order valence-electron chi connectivity index (χ3n) is 4.71. The van der Waals surface area contributed by atoms with Crippen LogP contribution in [0.1, 0.15) is 10.4 Å². The van der Waals surface area contributed by atoms with Gasteiger partial charge in [-0.15, -0.1) is 0 Å². The molecule has 1 aromatic heterocycles. The maximum Gasteiger partial charge on any atom is 0.256 e. The van der Waals surface area contributed by atoms with Gasteiger partial charge in [0.25, 0.3) is 5.91 Å². The summed E-state index contributed by atoms with van der Waals surface area (Å²) in [5.41, 5.74) is 0.559. The van der Waals surface area contributed by atoms with Gasteiger partial charge in [0.05, 0.1) is 15.2 Å². The van der Waals surface area contributed by atoms with Crippen LogP contribution in [0.5, 0.6) is 0 Å². The molecule has 1 amide bonds. The molecule has 2 aromatic carbocycles. The number of hydrogen-bond donors (Lipinski definition) is 0. The smallest absolute Gasteiger partial charge is 0.256 e. The number of benzene rings is 2. The molecule has 0 aliphatic carbocycles. The Morgan fingerprint density at radius 3 is 2.46 bits per heavy atom. The highest BCUT2D eigenvalue weighted by Gasteiger charge is 2.26. The number of aromatic nitrogens is 1. The molecule has 0 N–H and O–H groups in total. The summed E-state index contributed by atoms with van der Waals surface area (Å²) in [4.78, 5) is 21.0. The predicted octanol–water partition coefficient (Wildman–Crippen LogP) is 2.80. The van der Waals surface area contributed by atoms with Crippen LogP contribution in [0.25, 0.3) is 10.2 Å². The van der Waals surface area contributed by atoms with Crippen LogP contribution in [0.3, 0.4) is 0 Å². The van der Waals surface area contributed by atoms with Crippen LogP contribution < -0.4 is 4.90 Å². The van der Waals surface area contributed by atoms with Gasteiger partial charge in [-0.3, -0.25) is 4.79 Å². The summed E-state index contributed by atoms with van der Waals surface area (Å²) in [5, 5.41) is 0.726. The summed E-state index contributed by atoms with van der Waals surface area (Å²) in [7, 11) is -3.36. The highest BCUT2D eigenvalue weighted by Crippen LogP contribution is 2.33. The van der Waals surface area contributed by atoms with Crippen LogP contribution in [-0.2, 0) is 9.84 Å². The van der Waals surface area contributed by atoms with Crippen molar-refractivity contribution in [3.8, 4) is 0 Å². The van der Waals surface area contributed by atoms with E-state index in [0.717, 1.165) is 9.83 Å². The number of sulfone groups is 1.